The van der Waals surface area contributed by atoms with Gasteiger partial charge in [-0.2, -0.15) is 13.2 Å². The highest BCUT2D eigenvalue weighted by Gasteiger charge is 2.42. The van der Waals surface area contributed by atoms with Crippen molar-refractivity contribution in [2.24, 2.45) is 10.9 Å². The molecule has 2 unspecified atom stereocenters. The fourth-order valence-corrected chi connectivity index (χ4v) is 5.03. The van der Waals surface area contributed by atoms with Crippen LogP contribution in [0.25, 0.3) is 0 Å². The molecule has 2 atom stereocenters. The van der Waals surface area contributed by atoms with Gasteiger partial charge in [0.2, 0.25) is 10.0 Å². The molecule has 1 heterocycles. The quantitative estimate of drug-likeness (QED) is 0.356. The molecule has 27 heavy (non-hydrogen) atoms. The number of halogens is 3. The van der Waals surface area contributed by atoms with Crippen LogP contribution in [0.5, 0.6) is 0 Å². The van der Waals surface area contributed by atoms with Crippen molar-refractivity contribution in [2.75, 3.05) is 19.6 Å². The minimum atomic E-state index is -4.17. The topological polar surface area (TPSA) is 82.6 Å². The van der Waals surface area contributed by atoms with Crippen molar-refractivity contribution in [1.82, 2.24) is 15.4 Å². The number of guanidine groups is 1. The lowest BCUT2D eigenvalue weighted by Crippen LogP contribution is -2.47. The van der Waals surface area contributed by atoms with Gasteiger partial charge in [-0.15, -0.1) is 11.3 Å². The number of hydrogen-bond acceptors (Lipinski definition) is 4. The molecule has 1 aromatic rings. The zero-order valence-corrected chi connectivity index (χ0v) is 16.7. The van der Waals surface area contributed by atoms with Crippen LogP contribution < -0.4 is 15.4 Å². The summed E-state index contributed by atoms with van der Waals surface area (Å²) in [6.45, 7) is 2.69. The van der Waals surface area contributed by atoms with Gasteiger partial charge in [-0.1, -0.05) is 12.5 Å². The number of hydrogen-bond donors (Lipinski definition) is 3. The lowest BCUT2D eigenvalue weighted by Gasteiger charge is -2.31. The molecule has 1 aliphatic rings. The molecule has 1 aromatic heterocycles. The predicted molar refractivity (Wildman–Crippen MR) is 100 cm³/mol. The predicted octanol–water partition coefficient (Wildman–Crippen LogP) is 2.70. The van der Waals surface area contributed by atoms with Gasteiger partial charge in [-0.05, 0) is 37.6 Å². The first kappa shape index (κ1) is 22.0. The van der Waals surface area contributed by atoms with E-state index in [1.165, 1.54) is 6.07 Å². The van der Waals surface area contributed by atoms with Crippen LogP contribution in [0.3, 0.4) is 0 Å². The van der Waals surface area contributed by atoms with Crippen molar-refractivity contribution in [3.8, 4) is 0 Å². The molecule has 0 saturated heterocycles. The van der Waals surface area contributed by atoms with Crippen LogP contribution in [-0.4, -0.2) is 46.2 Å². The summed E-state index contributed by atoms with van der Waals surface area (Å²) in [7, 11) is -3.54. The molecule has 1 aliphatic carbocycles. The molecule has 1 saturated carbocycles. The molecular weight excluding hydrogens is 401 g/mol. The number of aliphatic imine (C=N–C) groups is 1. The maximum Gasteiger partial charge on any atom is 0.391 e. The Labute approximate surface area is 161 Å². The van der Waals surface area contributed by atoms with Crippen LogP contribution in [0.1, 0.15) is 32.6 Å². The standard InChI is InChI=1S/C16H25F3N4O2S2/c1-2-20-15(23-13-6-3-5-12(11-13)16(17,18)19)21-8-9-22-27(24,25)14-7-4-10-26-14/h4,7,10,12-13,22H,2-3,5-6,8-9,11H2,1H3,(H2,20,21,23). The van der Waals surface area contributed by atoms with E-state index in [0.717, 1.165) is 11.3 Å². The summed E-state index contributed by atoms with van der Waals surface area (Å²) < 4.78 is 65.6. The molecule has 1 fully saturated rings. The van der Waals surface area contributed by atoms with Crippen molar-refractivity contribution in [2.45, 2.75) is 49.0 Å². The lowest BCUT2D eigenvalue weighted by atomic mass is 9.85. The van der Waals surface area contributed by atoms with E-state index < -0.39 is 22.1 Å². The summed E-state index contributed by atoms with van der Waals surface area (Å²) in [5.41, 5.74) is 0. The highest BCUT2D eigenvalue weighted by Crippen LogP contribution is 2.37. The highest BCUT2D eigenvalue weighted by atomic mass is 32.2. The Morgan fingerprint density at radius 3 is 2.78 bits per heavy atom. The van der Waals surface area contributed by atoms with Gasteiger partial charge in [0.15, 0.2) is 5.96 Å². The van der Waals surface area contributed by atoms with Gasteiger partial charge in [0, 0.05) is 19.1 Å². The average Bonchev–Trinajstić information content (AvgIpc) is 3.14. The Morgan fingerprint density at radius 1 is 1.37 bits per heavy atom. The normalized spacial score (nSPS) is 21.9. The van der Waals surface area contributed by atoms with Crippen molar-refractivity contribution in [1.29, 1.82) is 0 Å². The zero-order chi connectivity index (χ0) is 19.9. The first-order valence-corrected chi connectivity index (χ1v) is 11.2. The number of rotatable bonds is 7. The van der Waals surface area contributed by atoms with E-state index >= 15 is 0 Å². The first-order chi connectivity index (χ1) is 12.7. The zero-order valence-electron chi connectivity index (χ0n) is 15.1. The summed E-state index contributed by atoms with van der Waals surface area (Å²) in [4.78, 5) is 4.27. The fourth-order valence-electron chi connectivity index (χ4n) is 2.97. The van der Waals surface area contributed by atoms with Crippen LogP contribution >= 0.6 is 11.3 Å². The number of nitrogens with one attached hydrogen (secondary N) is 3. The molecule has 0 amide bonds. The van der Waals surface area contributed by atoms with E-state index in [1.54, 1.807) is 11.4 Å². The summed E-state index contributed by atoms with van der Waals surface area (Å²) >= 11 is 1.12. The van der Waals surface area contributed by atoms with E-state index in [4.69, 9.17) is 0 Å². The van der Waals surface area contributed by atoms with E-state index in [0.29, 0.717) is 25.3 Å². The van der Waals surface area contributed by atoms with Crippen LogP contribution in [0, 0.1) is 5.92 Å². The van der Waals surface area contributed by atoms with Crippen molar-refractivity contribution in [3.63, 3.8) is 0 Å². The maximum absolute atomic E-state index is 12.9. The van der Waals surface area contributed by atoms with Gasteiger partial charge in [0.25, 0.3) is 0 Å². The first-order valence-electron chi connectivity index (χ1n) is 8.87. The third-order valence-electron chi connectivity index (χ3n) is 4.26. The highest BCUT2D eigenvalue weighted by molar-refractivity contribution is 7.91. The Balaban J connectivity index is 1.87. The van der Waals surface area contributed by atoms with Crippen molar-refractivity contribution >= 4 is 27.3 Å². The largest absolute Gasteiger partial charge is 0.391 e. The molecular formula is C16H25F3N4O2S2. The molecule has 0 radical (unpaired) electrons. The van der Waals surface area contributed by atoms with E-state index in [2.05, 4.69) is 20.3 Å². The van der Waals surface area contributed by atoms with Gasteiger partial charge >= 0.3 is 6.18 Å². The molecule has 0 spiro atoms. The Bertz CT molecular complexity index is 706. The van der Waals surface area contributed by atoms with Crippen LogP contribution in [0.2, 0.25) is 0 Å². The summed E-state index contributed by atoms with van der Waals surface area (Å²) in [5, 5.41) is 7.72. The van der Waals surface area contributed by atoms with E-state index in [-0.39, 0.29) is 36.2 Å². The minimum Gasteiger partial charge on any atom is -0.357 e. The summed E-state index contributed by atoms with van der Waals surface area (Å²) in [5.74, 6) is -0.884. The number of thiophene rings is 1. The Kier molecular flexibility index (Phi) is 7.92. The average molecular weight is 427 g/mol. The van der Waals surface area contributed by atoms with Gasteiger partial charge in [0.05, 0.1) is 12.5 Å². The molecule has 11 heteroatoms. The van der Waals surface area contributed by atoms with E-state index in [9.17, 15) is 21.6 Å². The van der Waals surface area contributed by atoms with Gasteiger partial charge in [-0.3, -0.25) is 4.99 Å². The van der Waals surface area contributed by atoms with E-state index in [1.807, 2.05) is 6.92 Å². The van der Waals surface area contributed by atoms with Crippen molar-refractivity contribution in [3.05, 3.63) is 17.5 Å². The SMILES string of the molecule is CCNC(=NCCNS(=O)(=O)c1cccs1)NC1CCCC(C(F)(F)F)C1. The summed E-state index contributed by atoms with van der Waals surface area (Å²) in [6.07, 6.45) is -2.81. The number of nitrogens with zero attached hydrogens (tertiary/aromatic N) is 1. The van der Waals surface area contributed by atoms with Crippen LogP contribution in [0.15, 0.2) is 26.7 Å². The Hall–Kier alpha value is -1.33. The third kappa shape index (κ3) is 6.96. The Morgan fingerprint density at radius 2 is 2.15 bits per heavy atom. The van der Waals surface area contributed by atoms with Gasteiger partial charge < -0.3 is 10.6 Å². The van der Waals surface area contributed by atoms with Crippen molar-refractivity contribution < 1.29 is 21.6 Å². The molecule has 154 valence electrons. The van der Waals surface area contributed by atoms with Crippen LogP contribution in [0.4, 0.5) is 13.2 Å². The molecule has 3 N–H and O–H groups in total. The smallest absolute Gasteiger partial charge is 0.357 e. The lowest BCUT2D eigenvalue weighted by molar-refractivity contribution is -0.183. The fraction of sp³-hybridized carbons (Fsp3) is 0.688. The van der Waals surface area contributed by atoms with Crippen LogP contribution in [-0.2, 0) is 10.0 Å². The maximum atomic E-state index is 12.9. The second kappa shape index (κ2) is 9.74. The van der Waals surface area contributed by atoms with Gasteiger partial charge in [0.1, 0.15) is 4.21 Å². The molecule has 0 aromatic carbocycles. The third-order valence-corrected chi connectivity index (χ3v) is 7.11. The molecule has 0 aliphatic heterocycles. The number of alkyl halides is 3. The molecule has 0 bridgehead atoms. The molecule has 6 nitrogen and oxygen atoms in total. The number of sulfonamides is 1. The monoisotopic (exact) mass is 426 g/mol. The minimum absolute atomic E-state index is 0.0267. The molecule has 2 rings (SSSR count). The summed E-state index contributed by atoms with van der Waals surface area (Å²) in [6, 6.07) is 2.87. The second-order valence-corrected chi connectivity index (χ2v) is 9.28. The van der Waals surface area contributed by atoms with Gasteiger partial charge in [-0.25, -0.2) is 13.1 Å². The second-order valence-electron chi connectivity index (χ2n) is 6.34.